The van der Waals surface area contributed by atoms with Gasteiger partial charge in [-0.05, 0) is 66.7 Å². The first kappa shape index (κ1) is 16.0. The molecule has 1 aliphatic carbocycles. The monoisotopic (exact) mass is 341 g/mol. The zero-order chi connectivity index (χ0) is 14.9. The lowest BCUT2D eigenvalue weighted by atomic mass is 9.66. The molecule has 1 nitrogen and oxygen atoms in total. The van der Waals surface area contributed by atoms with Gasteiger partial charge in [0.25, 0.3) is 0 Å². The molecular formula is C17H25BrFN. The summed E-state index contributed by atoms with van der Waals surface area (Å²) in [6.07, 6.45) is 4.31. The third kappa shape index (κ3) is 3.82. The third-order valence-electron chi connectivity index (χ3n) is 4.76. The van der Waals surface area contributed by atoms with Crippen LogP contribution in [0.5, 0.6) is 0 Å². The van der Waals surface area contributed by atoms with Crippen LogP contribution in [-0.4, -0.2) is 6.04 Å². The van der Waals surface area contributed by atoms with Crippen LogP contribution in [-0.2, 0) is 6.42 Å². The highest BCUT2D eigenvalue weighted by atomic mass is 79.9. The van der Waals surface area contributed by atoms with E-state index < -0.39 is 0 Å². The quantitative estimate of drug-likeness (QED) is 0.811. The summed E-state index contributed by atoms with van der Waals surface area (Å²) in [4.78, 5) is 0. The second-order valence-electron chi connectivity index (χ2n) is 7.24. The Morgan fingerprint density at radius 3 is 2.65 bits per heavy atom. The van der Waals surface area contributed by atoms with Crippen LogP contribution < -0.4 is 5.73 Å². The minimum absolute atomic E-state index is 0.167. The smallest absolute Gasteiger partial charge is 0.123 e. The van der Waals surface area contributed by atoms with Gasteiger partial charge in [-0.25, -0.2) is 4.39 Å². The standard InChI is InChI=1S/C17H25BrFN/c1-17(2,3)13-4-7-16(20)12(9-13)8-11-10-14(19)5-6-15(11)18/h5-6,10,12-13,16H,4,7-9,20H2,1-3H3. The third-order valence-corrected chi connectivity index (χ3v) is 5.53. The lowest BCUT2D eigenvalue weighted by Gasteiger charge is -2.41. The second kappa shape index (κ2) is 6.15. The zero-order valence-electron chi connectivity index (χ0n) is 12.6. The number of benzene rings is 1. The summed E-state index contributed by atoms with van der Waals surface area (Å²) < 4.78 is 14.4. The maximum Gasteiger partial charge on any atom is 0.123 e. The first-order valence-corrected chi connectivity index (χ1v) is 8.26. The minimum Gasteiger partial charge on any atom is -0.327 e. The minimum atomic E-state index is -0.167. The van der Waals surface area contributed by atoms with E-state index in [-0.39, 0.29) is 11.9 Å². The fourth-order valence-electron chi connectivity index (χ4n) is 3.29. The maximum atomic E-state index is 13.4. The van der Waals surface area contributed by atoms with Crippen molar-refractivity contribution in [2.75, 3.05) is 0 Å². The molecule has 2 N–H and O–H groups in total. The van der Waals surface area contributed by atoms with Gasteiger partial charge < -0.3 is 5.73 Å². The van der Waals surface area contributed by atoms with Crippen LogP contribution in [0.3, 0.4) is 0 Å². The SMILES string of the molecule is CC(C)(C)C1CCC(N)C(Cc2cc(F)ccc2Br)C1. The summed E-state index contributed by atoms with van der Waals surface area (Å²) in [5.74, 6) is 0.991. The molecule has 112 valence electrons. The van der Waals surface area contributed by atoms with Crippen molar-refractivity contribution in [2.45, 2.75) is 52.5 Å². The molecule has 1 saturated carbocycles. The summed E-state index contributed by atoms with van der Waals surface area (Å²) in [7, 11) is 0. The molecule has 1 aromatic carbocycles. The van der Waals surface area contributed by atoms with E-state index in [1.165, 1.54) is 12.5 Å². The Balaban J connectivity index is 2.12. The predicted octanol–water partition coefficient (Wildman–Crippen LogP) is 4.92. The molecule has 0 aromatic heterocycles. The number of halogens is 2. The molecule has 1 fully saturated rings. The van der Waals surface area contributed by atoms with Crippen molar-refractivity contribution in [3.8, 4) is 0 Å². The van der Waals surface area contributed by atoms with Gasteiger partial charge in [-0.3, -0.25) is 0 Å². The van der Waals surface area contributed by atoms with E-state index in [9.17, 15) is 4.39 Å². The van der Waals surface area contributed by atoms with Crippen LogP contribution >= 0.6 is 15.9 Å². The molecule has 1 aromatic rings. The molecular weight excluding hydrogens is 317 g/mol. The first-order chi connectivity index (χ1) is 9.27. The average molecular weight is 342 g/mol. The number of nitrogens with two attached hydrogens (primary N) is 1. The summed E-state index contributed by atoms with van der Waals surface area (Å²) in [5, 5.41) is 0. The van der Waals surface area contributed by atoms with E-state index in [1.807, 2.05) is 0 Å². The summed E-state index contributed by atoms with van der Waals surface area (Å²) in [6, 6.07) is 5.16. The van der Waals surface area contributed by atoms with Gasteiger partial charge in [0.05, 0.1) is 0 Å². The Labute approximate surface area is 130 Å². The maximum absolute atomic E-state index is 13.4. The van der Waals surface area contributed by atoms with Crippen LogP contribution in [0.4, 0.5) is 4.39 Å². The van der Waals surface area contributed by atoms with Crippen LogP contribution in [0.2, 0.25) is 0 Å². The average Bonchev–Trinajstić information content (AvgIpc) is 2.35. The van der Waals surface area contributed by atoms with Gasteiger partial charge in [0, 0.05) is 10.5 Å². The number of hydrogen-bond acceptors (Lipinski definition) is 1. The zero-order valence-corrected chi connectivity index (χ0v) is 14.2. The Kier molecular flexibility index (Phi) is 4.91. The molecule has 1 aliphatic rings. The molecule has 0 heterocycles. The summed E-state index contributed by atoms with van der Waals surface area (Å²) in [5.41, 5.74) is 7.68. The Bertz CT molecular complexity index is 467. The van der Waals surface area contributed by atoms with Crippen molar-refractivity contribution in [3.05, 3.63) is 34.1 Å². The van der Waals surface area contributed by atoms with E-state index in [4.69, 9.17) is 5.73 Å². The highest BCUT2D eigenvalue weighted by molar-refractivity contribution is 9.10. The second-order valence-corrected chi connectivity index (χ2v) is 8.09. The van der Waals surface area contributed by atoms with E-state index in [2.05, 4.69) is 36.7 Å². The van der Waals surface area contributed by atoms with Crippen LogP contribution in [0.1, 0.15) is 45.6 Å². The molecule has 20 heavy (non-hydrogen) atoms. The lowest BCUT2D eigenvalue weighted by Crippen LogP contribution is -2.40. The molecule has 0 radical (unpaired) electrons. The van der Waals surface area contributed by atoms with Crippen molar-refractivity contribution in [3.63, 3.8) is 0 Å². The van der Waals surface area contributed by atoms with Gasteiger partial charge in [-0.15, -0.1) is 0 Å². The largest absolute Gasteiger partial charge is 0.327 e. The predicted molar refractivity (Wildman–Crippen MR) is 86.1 cm³/mol. The first-order valence-electron chi connectivity index (χ1n) is 7.47. The van der Waals surface area contributed by atoms with E-state index in [0.29, 0.717) is 17.3 Å². The van der Waals surface area contributed by atoms with Crippen molar-refractivity contribution in [2.24, 2.45) is 23.0 Å². The van der Waals surface area contributed by atoms with Crippen LogP contribution in [0.15, 0.2) is 22.7 Å². The van der Waals surface area contributed by atoms with Crippen LogP contribution in [0.25, 0.3) is 0 Å². The summed E-state index contributed by atoms with van der Waals surface area (Å²) in [6.45, 7) is 6.93. The number of hydrogen-bond donors (Lipinski definition) is 1. The van der Waals surface area contributed by atoms with Crippen molar-refractivity contribution >= 4 is 15.9 Å². The topological polar surface area (TPSA) is 26.0 Å². The molecule has 3 heteroatoms. The molecule has 0 aliphatic heterocycles. The Morgan fingerprint density at radius 1 is 1.30 bits per heavy atom. The van der Waals surface area contributed by atoms with E-state index >= 15 is 0 Å². The molecule has 3 atom stereocenters. The van der Waals surface area contributed by atoms with Gasteiger partial charge in [-0.1, -0.05) is 36.7 Å². The molecule has 2 rings (SSSR count). The highest BCUT2D eigenvalue weighted by Crippen LogP contribution is 2.41. The lowest BCUT2D eigenvalue weighted by molar-refractivity contribution is 0.126. The van der Waals surface area contributed by atoms with Crippen molar-refractivity contribution < 1.29 is 4.39 Å². The Hall–Kier alpha value is -0.410. The van der Waals surface area contributed by atoms with Gasteiger partial charge in [0.2, 0.25) is 0 Å². The normalized spacial score (nSPS) is 27.6. The van der Waals surface area contributed by atoms with Crippen LogP contribution in [0, 0.1) is 23.1 Å². The molecule has 0 saturated heterocycles. The molecule has 0 amide bonds. The van der Waals surface area contributed by atoms with Gasteiger partial charge in [0.15, 0.2) is 0 Å². The summed E-state index contributed by atoms with van der Waals surface area (Å²) >= 11 is 3.52. The van der Waals surface area contributed by atoms with Gasteiger partial charge in [0.1, 0.15) is 5.82 Å². The van der Waals surface area contributed by atoms with Crippen molar-refractivity contribution in [1.82, 2.24) is 0 Å². The van der Waals surface area contributed by atoms with Crippen molar-refractivity contribution in [1.29, 1.82) is 0 Å². The Morgan fingerprint density at radius 2 is 2.00 bits per heavy atom. The molecule has 0 bridgehead atoms. The van der Waals surface area contributed by atoms with Gasteiger partial charge in [-0.2, -0.15) is 0 Å². The highest BCUT2D eigenvalue weighted by Gasteiger charge is 2.34. The van der Waals surface area contributed by atoms with Gasteiger partial charge >= 0.3 is 0 Å². The number of rotatable bonds is 2. The molecule has 3 unspecified atom stereocenters. The van der Waals surface area contributed by atoms with E-state index in [1.54, 1.807) is 12.1 Å². The fourth-order valence-corrected chi connectivity index (χ4v) is 3.70. The van der Waals surface area contributed by atoms with E-state index in [0.717, 1.165) is 29.3 Å². The molecule has 0 spiro atoms. The fraction of sp³-hybridized carbons (Fsp3) is 0.647.